The SMILES string of the molecule is CC(C)c1ccc(CSc2nnc(SCC(=O)N3CCCCCCC3)s2)cc1. The number of amides is 1. The minimum atomic E-state index is 0.238. The highest BCUT2D eigenvalue weighted by atomic mass is 32.2. The van der Waals surface area contributed by atoms with Crippen LogP contribution in [0.3, 0.4) is 0 Å². The zero-order chi connectivity index (χ0) is 19.8. The highest BCUT2D eigenvalue weighted by Crippen LogP contribution is 2.31. The van der Waals surface area contributed by atoms with Gasteiger partial charge >= 0.3 is 0 Å². The van der Waals surface area contributed by atoms with Gasteiger partial charge in [-0.2, -0.15) is 0 Å². The molecule has 0 bridgehead atoms. The van der Waals surface area contributed by atoms with E-state index in [1.165, 1.54) is 42.2 Å². The molecule has 0 aliphatic carbocycles. The second-order valence-electron chi connectivity index (χ2n) is 7.46. The molecule has 2 heterocycles. The predicted molar refractivity (Wildman–Crippen MR) is 120 cm³/mol. The van der Waals surface area contributed by atoms with Crippen molar-refractivity contribution < 1.29 is 4.79 Å². The predicted octanol–water partition coefficient (Wildman–Crippen LogP) is 5.84. The average molecular weight is 436 g/mol. The summed E-state index contributed by atoms with van der Waals surface area (Å²) in [5, 5.41) is 8.54. The lowest BCUT2D eigenvalue weighted by Gasteiger charge is -2.24. The summed E-state index contributed by atoms with van der Waals surface area (Å²) in [6.07, 6.45) is 6.06. The van der Waals surface area contributed by atoms with Gasteiger partial charge in [0.1, 0.15) is 0 Å². The molecule has 0 atom stereocenters. The molecule has 1 fully saturated rings. The van der Waals surface area contributed by atoms with Gasteiger partial charge in [-0.25, -0.2) is 0 Å². The largest absolute Gasteiger partial charge is 0.342 e. The molecule has 1 aliphatic rings. The van der Waals surface area contributed by atoms with Crippen molar-refractivity contribution in [1.29, 1.82) is 0 Å². The molecule has 0 unspecified atom stereocenters. The third-order valence-corrected chi connectivity index (χ3v) is 8.17. The second kappa shape index (κ2) is 11.2. The monoisotopic (exact) mass is 435 g/mol. The molecule has 152 valence electrons. The van der Waals surface area contributed by atoms with Gasteiger partial charge in [-0.3, -0.25) is 4.79 Å². The number of hydrogen-bond donors (Lipinski definition) is 0. The van der Waals surface area contributed by atoms with Crippen molar-refractivity contribution in [2.45, 2.75) is 66.3 Å². The van der Waals surface area contributed by atoms with E-state index in [-0.39, 0.29) is 5.91 Å². The Morgan fingerprint density at radius 1 is 1.00 bits per heavy atom. The molecule has 1 aliphatic heterocycles. The first-order valence-corrected chi connectivity index (χ1v) is 12.9. The Morgan fingerprint density at radius 3 is 2.25 bits per heavy atom. The maximum atomic E-state index is 12.5. The zero-order valence-electron chi connectivity index (χ0n) is 16.7. The van der Waals surface area contributed by atoms with Gasteiger partial charge < -0.3 is 4.90 Å². The first kappa shape index (κ1) is 21.7. The highest BCUT2D eigenvalue weighted by molar-refractivity contribution is 8.03. The minimum Gasteiger partial charge on any atom is -0.342 e. The average Bonchev–Trinajstić information content (AvgIpc) is 3.12. The highest BCUT2D eigenvalue weighted by Gasteiger charge is 2.16. The van der Waals surface area contributed by atoms with Crippen LogP contribution in [-0.2, 0) is 10.5 Å². The Hall–Kier alpha value is -1.05. The van der Waals surface area contributed by atoms with Crippen molar-refractivity contribution in [3.63, 3.8) is 0 Å². The molecule has 3 rings (SSSR count). The Balaban J connectivity index is 1.44. The van der Waals surface area contributed by atoms with Crippen molar-refractivity contribution in [2.24, 2.45) is 0 Å². The molecule has 0 N–H and O–H groups in total. The van der Waals surface area contributed by atoms with Crippen LogP contribution in [0.4, 0.5) is 0 Å². The van der Waals surface area contributed by atoms with Crippen LogP contribution in [0.25, 0.3) is 0 Å². The van der Waals surface area contributed by atoms with E-state index in [9.17, 15) is 4.79 Å². The first-order valence-electron chi connectivity index (χ1n) is 10.1. The number of nitrogens with zero attached hydrogens (tertiary/aromatic N) is 3. The molecule has 2 aromatic rings. The number of thioether (sulfide) groups is 2. The van der Waals surface area contributed by atoms with Crippen LogP contribution in [0.1, 0.15) is 63.0 Å². The van der Waals surface area contributed by atoms with E-state index in [0.717, 1.165) is 40.4 Å². The van der Waals surface area contributed by atoms with E-state index in [4.69, 9.17) is 0 Å². The lowest BCUT2D eigenvalue weighted by atomic mass is 10.0. The molecule has 1 saturated heterocycles. The van der Waals surface area contributed by atoms with E-state index in [1.807, 2.05) is 4.90 Å². The van der Waals surface area contributed by atoms with Gasteiger partial charge in [0.25, 0.3) is 0 Å². The van der Waals surface area contributed by atoms with Crippen molar-refractivity contribution in [3.8, 4) is 0 Å². The number of carbonyl (C=O) groups excluding carboxylic acids is 1. The normalized spacial score (nSPS) is 15.5. The molecule has 0 spiro atoms. The smallest absolute Gasteiger partial charge is 0.233 e. The van der Waals surface area contributed by atoms with Gasteiger partial charge in [0.15, 0.2) is 8.68 Å². The van der Waals surface area contributed by atoms with Crippen LogP contribution in [0.5, 0.6) is 0 Å². The maximum Gasteiger partial charge on any atom is 0.233 e. The summed E-state index contributed by atoms with van der Waals surface area (Å²) in [7, 11) is 0. The summed E-state index contributed by atoms with van der Waals surface area (Å²) in [6.45, 7) is 6.24. The number of benzene rings is 1. The molecular weight excluding hydrogens is 406 g/mol. The van der Waals surface area contributed by atoms with E-state index in [0.29, 0.717) is 11.7 Å². The fraction of sp³-hybridized carbons (Fsp3) is 0.571. The molecular formula is C21H29N3OS3. The lowest BCUT2D eigenvalue weighted by molar-refractivity contribution is -0.128. The second-order valence-corrected chi connectivity index (χ2v) is 10.9. The van der Waals surface area contributed by atoms with Crippen LogP contribution < -0.4 is 0 Å². The van der Waals surface area contributed by atoms with Crippen molar-refractivity contribution in [3.05, 3.63) is 35.4 Å². The summed E-state index contributed by atoms with van der Waals surface area (Å²) in [5.74, 6) is 2.16. The molecule has 0 radical (unpaired) electrons. The summed E-state index contributed by atoms with van der Waals surface area (Å²) in [4.78, 5) is 14.5. The zero-order valence-corrected chi connectivity index (χ0v) is 19.2. The lowest BCUT2D eigenvalue weighted by Crippen LogP contribution is -2.35. The molecule has 0 saturated carbocycles. The quantitative estimate of drug-likeness (QED) is 0.511. The standard InChI is InChI=1S/C21H29N3OS3/c1-16(2)18-10-8-17(9-11-18)14-26-20-22-23-21(28-20)27-15-19(25)24-12-6-4-3-5-7-13-24/h8-11,16H,3-7,12-15H2,1-2H3. The number of rotatable bonds is 7. The Morgan fingerprint density at radius 2 is 1.61 bits per heavy atom. The fourth-order valence-corrected chi connectivity index (χ4v) is 6.05. The number of aromatic nitrogens is 2. The van der Waals surface area contributed by atoms with Gasteiger partial charge in [0.2, 0.25) is 5.91 Å². The third kappa shape index (κ3) is 6.78. The summed E-state index contributed by atoms with van der Waals surface area (Å²) < 4.78 is 1.85. The van der Waals surface area contributed by atoms with Gasteiger partial charge in [0, 0.05) is 18.8 Å². The van der Waals surface area contributed by atoms with Gasteiger partial charge in [0.05, 0.1) is 5.75 Å². The fourth-order valence-electron chi connectivity index (χ4n) is 3.17. The summed E-state index contributed by atoms with van der Waals surface area (Å²) in [5.41, 5.74) is 2.67. The van der Waals surface area contributed by atoms with Crippen molar-refractivity contribution in [1.82, 2.24) is 15.1 Å². The number of likely N-dealkylation sites (tertiary alicyclic amines) is 1. The molecule has 1 amide bonds. The molecule has 7 heteroatoms. The van der Waals surface area contributed by atoms with Crippen LogP contribution in [-0.4, -0.2) is 39.8 Å². The summed E-state index contributed by atoms with van der Waals surface area (Å²) in [6, 6.07) is 8.80. The van der Waals surface area contributed by atoms with Crippen LogP contribution in [0.2, 0.25) is 0 Å². The topological polar surface area (TPSA) is 46.1 Å². The van der Waals surface area contributed by atoms with Gasteiger partial charge in [-0.15, -0.1) is 10.2 Å². The van der Waals surface area contributed by atoms with Gasteiger partial charge in [-0.05, 0) is 29.9 Å². The molecule has 1 aromatic heterocycles. The first-order chi connectivity index (χ1) is 13.6. The molecule has 28 heavy (non-hydrogen) atoms. The number of carbonyl (C=O) groups is 1. The number of hydrogen-bond acceptors (Lipinski definition) is 6. The van der Waals surface area contributed by atoms with Crippen LogP contribution in [0, 0.1) is 0 Å². The van der Waals surface area contributed by atoms with E-state index >= 15 is 0 Å². The maximum absolute atomic E-state index is 12.5. The molecule has 4 nitrogen and oxygen atoms in total. The van der Waals surface area contributed by atoms with Crippen molar-refractivity contribution >= 4 is 40.8 Å². The Bertz CT molecular complexity index is 738. The van der Waals surface area contributed by atoms with Crippen LogP contribution in [0.15, 0.2) is 32.9 Å². The van der Waals surface area contributed by atoms with Crippen molar-refractivity contribution in [2.75, 3.05) is 18.8 Å². The third-order valence-electron chi connectivity index (χ3n) is 4.92. The summed E-state index contributed by atoms with van der Waals surface area (Å²) >= 11 is 4.82. The van der Waals surface area contributed by atoms with Crippen LogP contribution >= 0.6 is 34.9 Å². The Kier molecular flexibility index (Phi) is 8.67. The van der Waals surface area contributed by atoms with E-state index < -0.39 is 0 Å². The van der Waals surface area contributed by atoms with Gasteiger partial charge in [-0.1, -0.05) is 92.2 Å². The Labute approximate surface area is 180 Å². The molecule has 1 aromatic carbocycles. The van der Waals surface area contributed by atoms with E-state index in [2.05, 4.69) is 48.3 Å². The van der Waals surface area contributed by atoms with E-state index in [1.54, 1.807) is 23.1 Å². The minimum absolute atomic E-state index is 0.238.